The van der Waals surface area contributed by atoms with Gasteiger partial charge in [0.05, 0.1) is 0 Å². The van der Waals surface area contributed by atoms with E-state index in [2.05, 4.69) is 18.3 Å². The van der Waals surface area contributed by atoms with Crippen molar-refractivity contribution < 1.29 is 0 Å². The Morgan fingerprint density at radius 3 is 2.89 bits per heavy atom. The topological polar surface area (TPSA) is 38.0 Å². The summed E-state index contributed by atoms with van der Waals surface area (Å²) in [6.45, 7) is 3.39. The number of rotatable bonds is 5. The molecule has 2 rings (SSSR count). The summed E-state index contributed by atoms with van der Waals surface area (Å²) in [6, 6.07) is 8.03. The maximum Gasteiger partial charge on any atom is 0.106 e. The summed E-state index contributed by atoms with van der Waals surface area (Å²) in [5.41, 5.74) is 7.76. The van der Waals surface area contributed by atoms with Crippen LogP contribution < -0.4 is 11.1 Å². The smallest absolute Gasteiger partial charge is 0.106 e. The fourth-order valence-corrected chi connectivity index (χ4v) is 3.26. The molecule has 1 aromatic rings. The molecule has 1 aromatic carbocycles. The molecule has 19 heavy (non-hydrogen) atoms. The molecule has 0 saturated heterocycles. The zero-order valence-corrected chi connectivity index (χ0v) is 12.5. The van der Waals surface area contributed by atoms with E-state index in [4.69, 9.17) is 18.0 Å². The Morgan fingerprint density at radius 2 is 2.16 bits per heavy atom. The predicted octanol–water partition coefficient (Wildman–Crippen LogP) is 3.95. The number of para-hydroxylation sites is 1. The SMILES string of the molecule is CC1CCCC(CCNc2ccccc2C(N)=S)C1. The number of benzene rings is 1. The minimum Gasteiger partial charge on any atom is -0.389 e. The van der Waals surface area contributed by atoms with Gasteiger partial charge in [-0.1, -0.05) is 50.5 Å². The van der Waals surface area contributed by atoms with Crippen molar-refractivity contribution in [3.05, 3.63) is 29.8 Å². The Morgan fingerprint density at radius 1 is 1.37 bits per heavy atom. The van der Waals surface area contributed by atoms with Crippen LogP contribution in [0.15, 0.2) is 24.3 Å². The van der Waals surface area contributed by atoms with Gasteiger partial charge < -0.3 is 11.1 Å². The maximum atomic E-state index is 5.74. The van der Waals surface area contributed by atoms with Crippen molar-refractivity contribution in [3.63, 3.8) is 0 Å². The van der Waals surface area contributed by atoms with E-state index >= 15 is 0 Å². The first-order valence-corrected chi connectivity index (χ1v) is 7.70. The second kappa shape index (κ2) is 6.90. The fraction of sp³-hybridized carbons (Fsp3) is 0.562. The largest absolute Gasteiger partial charge is 0.389 e. The molecule has 0 aromatic heterocycles. The average molecular weight is 276 g/mol. The normalized spacial score (nSPS) is 23.0. The second-order valence-electron chi connectivity index (χ2n) is 5.76. The van der Waals surface area contributed by atoms with Gasteiger partial charge in [0.15, 0.2) is 0 Å². The lowest BCUT2D eigenvalue weighted by Gasteiger charge is -2.26. The summed E-state index contributed by atoms with van der Waals surface area (Å²) in [7, 11) is 0. The number of nitrogens with one attached hydrogen (secondary N) is 1. The third kappa shape index (κ3) is 4.20. The highest BCUT2D eigenvalue weighted by Gasteiger charge is 2.18. The second-order valence-corrected chi connectivity index (χ2v) is 6.20. The number of thiocarbonyl (C=S) groups is 1. The molecule has 1 aliphatic carbocycles. The van der Waals surface area contributed by atoms with Gasteiger partial charge in [0.2, 0.25) is 0 Å². The molecule has 1 aliphatic rings. The molecule has 0 aliphatic heterocycles. The van der Waals surface area contributed by atoms with E-state index < -0.39 is 0 Å². The zero-order chi connectivity index (χ0) is 13.7. The lowest BCUT2D eigenvalue weighted by atomic mass is 9.81. The van der Waals surface area contributed by atoms with Crippen LogP contribution in [-0.4, -0.2) is 11.5 Å². The van der Waals surface area contributed by atoms with Gasteiger partial charge in [-0.15, -0.1) is 0 Å². The molecule has 1 saturated carbocycles. The van der Waals surface area contributed by atoms with E-state index in [-0.39, 0.29) is 0 Å². The van der Waals surface area contributed by atoms with Crippen LogP contribution in [0.4, 0.5) is 5.69 Å². The lowest BCUT2D eigenvalue weighted by Crippen LogP contribution is -2.18. The van der Waals surface area contributed by atoms with E-state index in [1.807, 2.05) is 18.2 Å². The summed E-state index contributed by atoms with van der Waals surface area (Å²) in [4.78, 5) is 0.467. The minimum atomic E-state index is 0.467. The van der Waals surface area contributed by atoms with E-state index in [1.54, 1.807) is 0 Å². The molecule has 0 heterocycles. The number of anilines is 1. The van der Waals surface area contributed by atoms with E-state index in [1.165, 1.54) is 32.1 Å². The standard InChI is InChI=1S/C16H24N2S/c1-12-5-4-6-13(11-12)9-10-18-15-8-3-2-7-14(15)16(17)19/h2-3,7-8,12-13,18H,4-6,9-11H2,1H3,(H2,17,19). The van der Waals surface area contributed by atoms with Crippen LogP contribution in [0.3, 0.4) is 0 Å². The van der Waals surface area contributed by atoms with Gasteiger partial charge in [-0.2, -0.15) is 0 Å². The molecule has 2 unspecified atom stereocenters. The van der Waals surface area contributed by atoms with Crippen LogP contribution in [-0.2, 0) is 0 Å². The number of nitrogens with two attached hydrogens (primary N) is 1. The van der Waals surface area contributed by atoms with Crippen LogP contribution in [0, 0.1) is 11.8 Å². The number of hydrogen-bond donors (Lipinski definition) is 2. The molecule has 1 fully saturated rings. The van der Waals surface area contributed by atoms with Crippen LogP contribution >= 0.6 is 12.2 Å². The fourth-order valence-electron chi connectivity index (χ4n) is 3.09. The van der Waals surface area contributed by atoms with Gasteiger partial charge in [-0.3, -0.25) is 0 Å². The maximum absolute atomic E-state index is 5.74. The molecule has 3 N–H and O–H groups in total. The molecule has 2 atom stereocenters. The van der Waals surface area contributed by atoms with Gasteiger partial charge in [-0.05, 0) is 36.8 Å². The summed E-state index contributed by atoms with van der Waals surface area (Å²) in [5.74, 6) is 1.79. The molecule has 3 heteroatoms. The Kier molecular flexibility index (Phi) is 5.20. The van der Waals surface area contributed by atoms with Crippen molar-refractivity contribution in [2.24, 2.45) is 17.6 Å². The summed E-state index contributed by atoms with van der Waals surface area (Å²) in [5, 5.41) is 3.49. The highest BCUT2D eigenvalue weighted by Crippen LogP contribution is 2.30. The van der Waals surface area contributed by atoms with Gasteiger partial charge in [-0.25, -0.2) is 0 Å². The zero-order valence-electron chi connectivity index (χ0n) is 11.7. The van der Waals surface area contributed by atoms with Crippen molar-refractivity contribution >= 4 is 22.9 Å². The summed E-state index contributed by atoms with van der Waals surface area (Å²) >= 11 is 5.08. The van der Waals surface area contributed by atoms with Crippen molar-refractivity contribution in [2.75, 3.05) is 11.9 Å². The van der Waals surface area contributed by atoms with Crippen molar-refractivity contribution in [1.29, 1.82) is 0 Å². The van der Waals surface area contributed by atoms with Crippen LogP contribution in [0.25, 0.3) is 0 Å². The van der Waals surface area contributed by atoms with Gasteiger partial charge >= 0.3 is 0 Å². The highest BCUT2D eigenvalue weighted by atomic mass is 32.1. The molecule has 0 spiro atoms. The Labute approximate surface area is 121 Å². The van der Waals surface area contributed by atoms with Crippen molar-refractivity contribution in [1.82, 2.24) is 0 Å². The van der Waals surface area contributed by atoms with E-state index in [0.29, 0.717) is 4.99 Å². The van der Waals surface area contributed by atoms with Gasteiger partial charge in [0, 0.05) is 17.8 Å². The first-order chi connectivity index (χ1) is 9.16. The molecule has 0 amide bonds. The molecule has 0 radical (unpaired) electrons. The Bertz CT molecular complexity index is 431. The Hall–Kier alpha value is -1.09. The molecule has 104 valence electrons. The van der Waals surface area contributed by atoms with Crippen molar-refractivity contribution in [3.8, 4) is 0 Å². The van der Waals surface area contributed by atoms with Crippen molar-refractivity contribution in [2.45, 2.75) is 39.0 Å². The van der Waals surface area contributed by atoms with Crippen LogP contribution in [0.1, 0.15) is 44.6 Å². The average Bonchev–Trinajstić information content (AvgIpc) is 2.39. The first kappa shape index (κ1) is 14.3. The van der Waals surface area contributed by atoms with E-state index in [0.717, 1.165) is 29.6 Å². The van der Waals surface area contributed by atoms with Gasteiger partial charge in [0.25, 0.3) is 0 Å². The van der Waals surface area contributed by atoms with Gasteiger partial charge in [0.1, 0.15) is 4.99 Å². The molecule has 2 nitrogen and oxygen atoms in total. The highest BCUT2D eigenvalue weighted by molar-refractivity contribution is 7.80. The lowest BCUT2D eigenvalue weighted by molar-refractivity contribution is 0.274. The first-order valence-electron chi connectivity index (χ1n) is 7.29. The third-order valence-corrected chi connectivity index (χ3v) is 4.33. The number of hydrogen-bond acceptors (Lipinski definition) is 2. The minimum absolute atomic E-state index is 0.467. The van der Waals surface area contributed by atoms with E-state index in [9.17, 15) is 0 Å². The molecular formula is C16H24N2S. The molecular weight excluding hydrogens is 252 g/mol. The quantitative estimate of drug-likeness (QED) is 0.800. The summed E-state index contributed by atoms with van der Waals surface area (Å²) in [6.07, 6.45) is 6.83. The monoisotopic (exact) mass is 276 g/mol. The van der Waals surface area contributed by atoms with Crippen LogP contribution in [0.2, 0.25) is 0 Å². The summed E-state index contributed by atoms with van der Waals surface area (Å²) < 4.78 is 0. The molecule has 0 bridgehead atoms. The predicted molar refractivity (Wildman–Crippen MR) is 86.6 cm³/mol. The third-order valence-electron chi connectivity index (χ3n) is 4.11. The Balaban J connectivity index is 1.84. The van der Waals surface area contributed by atoms with Crippen LogP contribution in [0.5, 0.6) is 0 Å².